The number of esters is 1. The highest BCUT2D eigenvalue weighted by atomic mass is 16.6. The van der Waals surface area contributed by atoms with Crippen molar-refractivity contribution in [3.05, 3.63) is 11.8 Å². The number of hydrogen-bond acceptors (Lipinski definition) is 4. The van der Waals surface area contributed by atoms with E-state index in [4.69, 9.17) is 4.74 Å². The highest BCUT2D eigenvalue weighted by molar-refractivity contribution is 5.89. The van der Waals surface area contributed by atoms with Crippen molar-refractivity contribution in [2.75, 3.05) is 11.9 Å². The number of amides is 2. The molecule has 1 fully saturated rings. The molecule has 1 aromatic heterocycles. The first-order valence-corrected chi connectivity index (χ1v) is 8.38. The number of urea groups is 1. The normalized spacial score (nSPS) is 21.5. The van der Waals surface area contributed by atoms with Crippen molar-refractivity contribution in [1.82, 2.24) is 14.7 Å². The molecule has 0 bridgehead atoms. The Kier molecular flexibility index (Phi) is 5.20. The molecule has 24 heavy (non-hydrogen) atoms. The molecule has 2 heterocycles. The fourth-order valence-corrected chi connectivity index (χ4v) is 2.88. The molecule has 1 aliphatic heterocycles. The zero-order valence-electron chi connectivity index (χ0n) is 15.4. The Morgan fingerprint density at radius 3 is 2.54 bits per heavy atom. The second kappa shape index (κ2) is 6.83. The predicted octanol–water partition coefficient (Wildman–Crippen LogP) is 2.70. The quantitative estimate of drug-likeness (QED) is 0.843. The number of rotatable bonds is 2. The molecule has 0 saturated carbocycles. The van der Waals surface area contributed by atoms with Crippen molar-refractivity contribution in [2.24, 2.45) is 13.0 Å². The molecule has 0 spiro atoms. The van der Waals surface area contributed by atoms with Crippen LogP contribution in [0.1, 0.15) is 46.2 Å². The minimum atomic E-state index is -0.514. The number of carbonyl (C=O) groups is 2. The highest BCUT2D eigenvalue weighted by Gasteiger charge is 2.35. The molecule has 2 amide bonds. The van der Waals surface area contributed by atoms with Crippen LogP contribution >= 0.6 is 0 Å². The first kappa shape index (κ1) is 18.3. The maximum Gasteiger partial charge on any atom is 0.323 e. The molecular formula is C17H28N4O3. The van der Waals surface area contributed by atoms with Gasteiger partial charge >= 0.3 is 12.0 Å². The van der Waals surface area contributed by atoms with E-state index in [2.05, 4.69) is 10.4 Å². The number of likely N-dealkylation sites (tertiary alicyclic amines) is 1. The van der Waals surface area contributed by atoms with E-state index in [1.807, 2.05) is 40.7 Å². The van der Waals surface area contributed by atoms with Crippen LogP contribution in [0.5, 0.6) is 0 Å². The summed E-state index contributed by atoms with van der Waals surface area (Å²) in [4.78, 5) is 26.6. The van der Waals surface area contributed by atoms with Crippen LogP contribution in [-0.2, 0) is 16.6 Å². The standard InChI is InChI=1S/C17H28N4O3/c1-11-9-14(20(6)19-11)18-16(23)21-10-13(8-7-12(21)2)15(22)24-17(3,4)5/h9,12-13H,7-8,10H2,1-6H3,(H,18,23). The van der Waals surface area contributed by atoms with Crippen molar-refractivity contribution in [1.29, 1.82) is 0 Å². The lowest BCUT2D eigenvalue weighted by Crippen LogP contribution is -2.50. The number of hydrogen-bond donors (Lipinski definition) is 1. The average molecular weight is 336 g/mol. The van der Waals surface area contributed by atoms with E-state index in [1.54, 1.807) is 16.6 Å². The van der Waals surface area contributed by atoms with Gasteiger partial charge in [-0.3, -0.25) is 14.8 Å². The maximum absolute atomic E-state index is 12.6. The van der Waals surface area contributed by atoms with Gasteiger partial charge in [0.05, 0.1) is 11.6 Å². The van der Waals surface area contributed by atoms with E-state index in [1.165, 1.54) is 0 Å². The molecule has 1 N–H and O–H groups in total. The summed E-state index contributed by atoms with van der Waals surface area (Å²) in [7, 11) is 1.78. The van der Waals surface area contributed by atoms with Crippen LogP contribution in [0, 0.1) is 12.8 Å². The van der Waals surface area contributed by atoms with Crippen LogP contribution < -0.4 is 5.32 Å². The van der Waals surface area contributed by atoms with E-state index < -0.39 is 5.60 Å². The number of anilines is 1. The molecule has 0 aromatic carbocycles. The van der Waals surface area contributed by atoms with Crippen LogP contribution in [0.15, 0.2) is 6.07 Å². The predicted molar refractivity (Wildman–Crippen MR) is 91.7 cm³/mol. The molecule has 2 unspecified atom stereocenters. The fourth-order valence-electron chi connectivity index (χ4n) is 2.88. The second-order valence-electron chi connectivity index (χ2n) is 7.53. The molecular weight excluding hydrogens is 308 g/mol. The van der Waals surface area contributed by atoms with Crippen LogP contribution in [0.25, 0.3) is 0 Å². The number of aromatic nitrogens is 2. The lowest BCUT2D eigenvalue weighted by molar-refractivity contribution is -0.161. The Morgan fingerprint density at radius 1 is 1.33 bits per heavy atom. The van der Waals surface area contributed by atoms with E-state index in [0.717, 1.165) is 18.5 Å². The third-order valence-corrected chi connectivity index (χ3v) is 4.12. The van der Waals surface area contributed by atoms with Crippen molar-refractivity contribution in [3.8, 4) is 0 Å². The van der Waals surface area contributed by atoms with Gasteiger partial charge in [0.1, 0.15) is 11.4 Å². The minimum Gasteiger partial charge on any atom is -0.460 e. The number of nitrogens with one attached hydrogen (secondary N) is 1. The minimum absolute atomic E-state index is 0.0815. The largest absolute Gasteiger partial charge is 0.460 e. The van der Waals surface area contributed by atoms with Crippen molar-refractivity contribution in [2.45, 2.75) is 59.1 Å². The zero-order valence-corrected chi connectivity index (χ0v) is 15.4. The molecule has 2 atom stereocenters. The van der Waals surface area contributed by atoms with Crippen LogP contribution in [-0.4, -0.2) is 44.9 Å². The smallest absolute Gasteiger partial charge is 0.323 e. The molecule has 134 valence electrons. The lowest BCUT2D eigenvalue weighted by Gasteiger charge is -2.37. The summed E-state index contributed by atoms with van der Waals surface area (Å²) in [6.07, 6.45) is 1.52. The Bertz CT molecular complexity index is 618. The fraction of sp³-hybridized carbons (Fsp3) is 0.706. The van der Waals surface area contributed by atoms with Gasteiger partial charge in [-0.2, -0.15) is 5.10 Å². The molecule has 1 saturated heterocycles. The van der Waals surface area contributed by atoms with Gasteiger partial charge in [0.2, 0.25) is 0 Å². The van der Waals surface area contributed by atoms with Crippen LogP contribution in [0.4, 0.5) is 10.6 Å². The Balaban J connectivity index is 2.03. The Morgan fingerprint density at radius 2 is 2.00 bits per heavy atom. The lowest BCUT2D eigenvalue weighted by atomic mass is 9.93. The summed E-state index contributed by atoms with van der Waals surface area (Å²) >= 11 is 0. The summed E-state index contributed by atoms with van der Waals surface area (Å²) in [6.45, 7) is 9.80. The molecule has 1 aliphatic rings. The van der Waals surface area contributed by atoms with Crippen LogP contribution in [0.3, 0.4) is 0 Å². The highest BCUT2D eigenvalue weighted by Crippen LogP contribution is 2.25. The molecule has 0 aliphatic carbocycles. The Hall–Kier alpha value is -2.05. The van der Waals surface area contributed by atoms with Gasteiger partial charge in [0.25, 0.3) is 0 Å². The molecule has 7 heteroatoms. The van der Waals surface area contributed by atoms with Gasteiger partial charge < -0.3 is 9.64 Å². The number of ether oxygens (including phenoxy) is 1. The first-order valence-electron chi connectivity index (χ1n) is 8.38. The summed E-state index contributed by atoms with van der Waals surface area (Å²) < 4.78 is 7.10. The summed E-state index contributed by atoms with van der Waals surface area (Å²) in [5.74, 6) is 0.132. The number of piperidine rings is 1. The Labute approximate surface area is 143 Å². The number of nitrogens with zero attached hydrogens (tertiary/aromatic N) is 3. The van der Waals surface area contributed by atoms with E-state index in [0.29, 0.717) is 12.4 Å². The third kappa shape index (κ3) is 4.49. The zero-order chi connectivity index (χ0) is 18.1. The van der Waals surface area contributed by atoms with E-state index in [9.17, 15) is 9.59 Å². The van der Waals surface area contributed by atoms with E-state index in [-0.39, 0.29) is 24.0 Å². The van der Waals surface area contributed by atoms with Gasteiger partial charge in [-0.1, -0.05) is 0 Å². The second-order valence-corrected chi connectivity index (χ2v) is 7.53. The SMILES string of the molecule is Cc1cc(NC(=O)N2CC(C(=O)OC(C)(C)C)CCC2C)n(C)n1. The van der Waals surface area contributed by atoms with Crippen molar-refractivity contribution >= 4 is 17.8 Å². The third-order valence-electron chi connectivity index (χ3n) is 4.12. The molecule has 2 rings (SSSR count). The molecule has 1 aromatic rings. The number of aryl methyl sites for hydroxylation is 2. The molecule has 7 nitrogen and oxygen atoms in total. The van der Waals surface area contributed by atoms with Crippen molar-refractivity contribution < 1.29 is 14.3 Å². The summed E-state index contributed by atoms with van der Waals surface area (Å²) in [6, 6.07) is 1.69. The number of carbonyl (C=O) groups excluding carboxylic acids is 2. The summed E-state index contributed by atoms with van der Waals surface area (Å²) in [5.41, 5.74) is 0.325. The topological polar surface area (TPSA) is 76.5 Å². The van der Waals surface area contributed by atoms with E-state index >= 15 is 0 Å². The monoisotopic (exact) mass is 336 g/mol. The van der Waals surface area contributed by atoms with Gasteiger partial charge in [-0.25, -0.2) is 4.79 Å². The van der Waals surface area contributed by atoms with Gasteiger partial charge in [-0.05, 0) is 47.5 Å². The van der Waals surface area contributed by atoms with Gasteiger partial charge in [0, 0.05) is 25.7 Å². The molecule has 0 radical (unpaired) electrons. The van der Waals surface area contributed by atoms with Crippen LogP contribution in [0.2, 0.25) is 0 Å². The first-order chi connectivity index (χ1) is 11.1. The van der Waals surface area contributed by atoms with Gasteiger partial charge in [0.15, 0.2) is 0 Å². The average Bonchev–Trinajstić information content (AvgIpc) is 2.75. The van der Waals surface area contributed by atoms with Crippen molar-refractivity contribution in [3.63, 3.8) is 0 Å². The maximum atomic E-state index is 12.6. The summed E-state index contributed by atoms with van der Waals surface area (Å²) in [5, 5.41) is 7.10. The van der Waals surface area contributed by atoms with Gasteiger partial charge in [-0.15, -0.1) is 0 Å².